The molecule has 0 aliphatic carbocycles. The first-order valence-corrected chi connectivity index (χ1v) is 6.98. The van der Waals surface area contributed by atoms with E-state index in [0.29, 0.717) is 12.4 Å². The Morgan fingerprint density at radius 2 is 2.35 bits per heavy atom. The normalized spacial score (nSPS) is 21.7. The molecule has 1 N–H and O–H groups in total. The number of likely N-dealkylation sites (N-methyl/N-ethyl adjacent to an activating group) is 1. The maximum atomic E-state index is 5.82. The molecule has 0 aromatic carbocycles. The van der Waals surface area contributed by atoms with Crippen molar-refractivity contribution in [1.29, 1.82) is 0 Å². The van der Waals surface area contributed by atoms with E-state index >= 15 is 0 Å². The fraction of sp³-hybridized carbons (Fsp3) is 0.714. The highest BCUT2D eigenvalue weighted by molar-refractivity contribution is 5.37. The molecular weight excluding hydrogens is 256 g/mol. The van der Waals surface area contributed by atoms with Crippen molar-refractivity contribution in [3.8, 4) is 0 Å². The van der Waals surface area contributed by atoms with Crippen LogP contribution in [0.2, 0.25) is 0 Å². The second-order valence-corrected chi connectivity index (χ2v) is 5.35. The van der Waals surface area contributed by atoms with E-state index in [1.807, 2.05) is 13.0 Å². The third-order valence-corrected chi connectivity index (χ3v) is 3.40. The third-order valence-electron chi connectivity index (χ3n) is 3.40. The van der Waals surface area contributed by atoms with Crippen LogP contribution in [-0.2, 0) is 16.1 Å². The minimum Gasteiger partial charge on any atom is -0.377 e. The van der Waals surface area contributed by atoms with Gasteiger partial charge in [0.2, 0.25) is 0 Å². The van der Waals surface area contributed by atoms with Gasteiger partial charge in [0.1, 0.15) is 12.4 Å². The Morgan fingerprint density at radius 3 is 3.05 bits per heavy atom. The molecule has 2 heterocycles. The Hall–Kier alpha value is -1.24. The molecule has 0 amide bonds. The lowest BCUT2D eigenvalue weighted by atomic mass is 10.1. The van der Waals surface area contributed by atoms with Gasteiger partial charge in [0.05, 0.1) is 18.8 Å². The van der Waals surface area contributed by atoms with Crippen LogP contribution in [0.4, 0.5) is 5.82 Å². The van der Waals surface area contributed by atoms with Gasteiger partial charge in [0.25, 0.3) is 0 Å². The van der Waals surface area contributed by atoms with Gasteiger partial charge < -0.3 is 19.7 Å². The Morgan fingerprint density at radius 1 is 1.55 bits per heavy atom. The average Bonchev–Trinajstić information content (AvgIpc) is 2.38. The van der Waals surface area contributed by atoms with E-state index < -0.39 is 0 Å². The maximum absolute atomic E-state index is 5.82. The number of aromatic nitrogens is 2. The Bertz CT molecular complexity index is 441. The SMILES string of the molecule is COCc1nc(C)cc(NC(C)C2CN(C)CCO2)n1. The van der Waals surface area contributed by atoms with Crippen molar-refractivity contribution in [1.82, 2.24) is 14.9 Å². The van der Waals surface area contributed by atoms with E-state index in [1.54, 1.807) is 7.11 Å². The zero-order valence-corrected chi connectivity index (χ0v) is 12.7. The summed E-state index contributed by atoms with van der Waals surface area (Å²) in [6, 6.07) is 2.14. The summed E-state index contributed by atoms with van der Waals surface area (Å²) < 4.78 is 10.9. The lowest BCUT2D eigenvalue weighted by Gasteiger charge is -2.34. The van der Waals surface area contributed by atoms with Crippen molar-refractivity contribution >= 4 is 5.82 Å². The van der Waals surface area contributed by atoms with Crippen LogP contribution in [0.5, 0.6) is 0 Å². The molecule has 0 bridgehead atoms. The van der Waals surface area contributed by atoms with Crippen LogP contribution in [-0.4, -0.2) is 60.9 Å². The number of ether oxygens (including phenoxy) is 2. The minimum absolute atomic E-state index is 0.176. The molecule has 6 heteroatoms. The molecule has 0 saturated carbocycles. The largest absolute Gasteiger partial charge is 0.377 e. The molecule has 1 aliphatic rings. The highest BCUT2D eigenvalue weighted by Crippen LogP contribution is 2.13. The molecule has 20 heavy (non-hydrogen) atoms. The summed E-state index contributed by atoms with van der Waals surface area (Å²) in [6.07, 6.45) is 0.176. The number of nitrogens with zero attached hydrogens (tertiary/aromatic N) is 3. The quantitative estimate of drug-likeness (QED) is 0.870. The van der Waals surface area contributed by atoms with E-state index in [-0.39, 0.29) is 12.1 Å². The van der Waals surface area contributed by atoms with Crippen molar-refractivity contribution in [2.45, 2.75) is 32.6 Å². The predicted octanol–water partition coefficient (Wildman–Crippen LogP) is 1.06. The van der Waals surface area contributed by atoms with E-state index in [9.17, 15) is 0 Å². The molecule has 1 aromatic heterocycles. The number of nitrogens with one attached hydrogen (secondary N) is 1. The van der Waals surface area contributed by atoms with Crippen LogP contribution in [0.3, 0.4) is 0 Å². The molecule has 2 atom stereocenters. The number of rotatable bonds is 5. The molecular formula is C14H24N4O2. The summed E-state index contributed by atoms with van der Waals surface area (Å²) in [4.78, 5) is 11.1. The highest BCUT2D eigenvalue weighted by Gasteiger charge is 2.23. The van der Waals surface area contributed by atoms with Gasteiger partial charge in [0.15, 0.2) is 5.82 Å². The third kappa shape index (κ3) is 4.13. The molecule has 0 spiro atoms. The van der Waals surface area contributed by atoms with Crippen LogP contribution in [0.1, 0.15) is 18.4 Å². The Labute approximate surface area is 120 Å². The van der Waals surface area contributed by atoms with Crippen LogP contribution >= 0.6 is 0 Å². The Balaban J connectivity index is 2.01. The summed E-state index contributed by atoms with van der Waals surface area (Å²) >= 11 is 0. The highest BCUT2D eigenvalue weighted by atomic mass is 16.5. The number of methoxy groups -OCH3 is 1. The zero-order valence-electron chi connectivity index (χ0n) is 12.7. The maximum Gasteiger partial charge on any atom is 0.156 e. The molecule has 2 rings (SSSR count). The molecule has 1 saturated heterocycles. The molecule has 1 aromatic rings. The van der Waals surface area contributed by atoms with Crippen LogP contribution in [0.15, 0.2) is 6.07 Å². The number of anilines is 1. The van der Waals surface area contributed by atoms with Gasteiger partial charge in [-0.15, -0.1) is 0 Å². The minimum atomic E-state index is 0.176. The number of morpholine rings is 1. The fourth-order valence-corrected chi connectivity index (χ4v) is 2.34. The van der Waals surface area contributed by atoms with Crippen LogP contribution in [0.25, 0.3) is 0 Å². The van der Waals surface area contributed by atoms with E-state index in [0.717, 1.165) is 31.2 Å². The van der Waals surface area contributed by atoms with Crippen molar-refractivity contribution < 1.29 is 9.47 Å². The zero-order chi connectivity index (χ0) is 14.5. The Kier molecular flexibility index (Phi) is 5.28. The van der Waals surface area contributed by atoms with Crippen molar-refractivity contribution in [2.24, 2.45) is 0 Å². The monoisotopic (exact) mass is 280 g/mol. The second kappa shape index (κ2) is 6.97. The predicted molar refractivity (Wildman–Crippen MR) is 77.8 cm³/mol. The van der Waals surface area contributed by atoms with E-state index in [4.69, 9.17) is 9.47 Å². The molecule has 2 unspecified atom stereocenters. The topological polar surface area (TPSA) is 59.5 Å². The van der Waals surface area contributed by atoms with Crippen LogP contribution < -0.4 is 5.32 Å². The molecule has 112 valence electrons. The summed E-state index contributed by atoms with van der Waals surface area (Å²) in [6.45, 7) is 7.22. The standard InChI is InChI=1S/C14H24N4O2/c1-10-7-13(17-14(15-10)9-19-4)16-11(2)12-8-18(3)5-6-20-12/h7,11-12H,5-6,8-9H2,1-4H3,(H,15,16,17). The summed E-state index contributed by atoms with van der Waals surface area (Å²) in [5, 5.41) is 3.41. The molecule has 1 aliphatic heterocycles. The van der Waals surface area contributed by atoms with Crippen molar-refractivity contribution in [3.05, 3.63) is 17.6 Å². The van der Waals surface area contributed by atoms with Crippen molar-refractivity contribution in [3.63, 3.8) is 0 Å². The number of hydrogen-bond acceptors (Lipinski definition) is 6. The first-order valence-electron chi connectivity index (χ1n) is 6.98. The second-order valence-electron chi connectivity index (χ2n) is 5.35. The molecule has 1 fully saturated rings. The van der Waals surface area contributed by atoms with Crippen LogP contribution in [0, 0.1) is 6.92 Å². The fourth-order valence-electron chi connectivity index (χ4n) is 2.34. The van der Waals surface area contributed by atoms with E-state index in [2.05, 4.69) is 34.2 Å². The number of aryl methyl sites for hydroxylation is 1. The van der Waals surface area contributed by atoms with Gasteiger partial charge in [0, 0.05) is 32.0 Å². The summed E-state index contributed by atoms with van der Waals surface area (Å²) in [5.74, 6) is 1.53. The first-order chi connectivity index (χ1) is 9.58. The van der Waals surface area contributed by atoms with Gasteiger partial charge in [-0.3, -0.25) is 0 Å². The van der Waals surface area contributed by atoms with Gasteiger partial charge >= 0.3 is 0 Å². The van der Waals surface area contributed by atoms with Gasteiger partial charge in [-0.25, -0.2) is 9.97 Å². The summed E-state index contributed by atoms with van der Waals surface area (Å²) in [7, 11) is 3.76. The lowest BCUT2D eigenvalue weighted by molar-refractivity contribution is -0.0260. The van der Waals surface area contributed by atoms with Gasteiger partial charge in [-0.2, -0.15) is 0 Å². The van der Waals surface area contributed by atoms with Gasteiger partial charge in [-0.05, 0) is 20.9 Å². The number of hydrogen-bond donors (Lipinski definition) is 1. The molecule has 0 radical (unpaired) electrons. The summed E-state index contributed by atoms with van der Waals surface area (Å²) in [5.41, 5.74) is 0.934. The lowest BCUT2D eigenvalue weighted by Crippen LogP contribution is -2.47. The van der Waals surface area contributed by atoms with E-state index in [1.165, 1.54) is 0 Å². The first kappa shape index (κ1) is 15.2. The smallest absolute Gasteiger partial charge is 0.156 e. The van der Waals surface area contributed by atoms with Crippen molar-refractivity contribution in [2.75, 3.05) is 39.2 Å². The van der Waals surface area contributed by atoms with Gasteiger partial charge in [-0.1, -0.05) is 0 Å². The molecule has 6 nitrogen and oxygen atoms in total. The average molecular weight is 280 g/mol.